The Labute approximate surface area is 95.7 Å². The highest BCUT2D eigenvalue weighted by Crippen LogP contribution is 2.35. The van der Waals surface area contributed by atoms with Crippen LogP contribution in [0.3, 0.4) is 0 Å². The topological polar surface area (TPSA) is 43.8 Å². The van der Waals surface area contributed by atoms with E-state index >= 15 is 0 Å². The molecule has 17 heavy (non-hydrogen) atoms. The summed E-state index contributed by atoms with van der Waals surface area (Å²) in [6.45, 7) is 0. The lowest BCUT2D eigenvalue weighted by atomic mass is 10.1. The molecule has 2 aromatic rings. The Morgan fingerprint density at radius 2 is 1.76 bits per heavy atom. The van der Waals surface area contributed by atoms with Gasteiger partial charge in [0, 0.05) is 18.3 Å². The zero-order valence-electron chi connectivity index (χ0n) is 8.99. The van der Waals surface area contributed by atoms with Gasteiger partial charge in [-0.3, -0.25) is 0 Å². The standard InChI is InChI=1S/C11H10F3N3/c1-17-6-16-9(10(17)11(12,13)14)7-2-4-8(15)5-3-7/h2-6H,15H2,1H3. The number of aryl methyl sites for hydroxylation is 1. The Morgan fingerprint density at radius 1 is 1.18 bits per heavy atom. The van der Waals surface area contributed by atoms with Crippen molar-refractivity contribution in [2.75, 3.05) is 5.73 Å². The number of imidazole rings is 1. The van der Waals surface area contributed by atoms with E-state index in [4.69, 9.17) is 5.73 Å². The molecule has 0 saturated heterocycles. The number of halogens is 3. The molecule has 0 aliphatic heterocycles. The molecule has 90 valence electrons. The zero-order valence-corrected chi connectivity index (χ0v) is 8.99. The van der Waals surface area contributed by atoms with E-state index in [9.17, 15) is 13.2 Å². The van der Waals surface area contributed by atoms with Crippen molar-refractivity contribution >= 4 is 5.69 Å². The fourth-order valence-corrected chi connectivity index (χ4v) is 1.62. The van der Waals surface area contributed by atoms with Crippen molar-refractivity contribution in [1.29, 1.82) is 0 Å². The Hall–Kier alpha value is -1.98. The summed E-state index contributed by atoms with van der Waals surface area (Å²) in [5.74, 6) is 0. The zero-order chi connectivity index (χ0) is 12.6. The lowest BCUT2D eigenvalue weighted by molar-refractivity contribution is -0.142. The predicted molar refractivity (Wildman–Crippen MR) is 58.1 cm³/mol. The van der Waals surface area contributed by atoms with Gasteiger partial charge in [-0.05, 0) is 12.1 Å². The quantitative estimate of drug-likeness (QED) is 0.780. The third-order valence-electron chi connectivity index (χ3n) is 2.39. The number of hydrogen-bond donors (Lipinski definition) is 1. The first-order valence-electron chi connectivity index (χ1n) is 4.84. The minimum absolute atomic E-state index is 0.0833. The van der Waals surface area contributed by atoms with E-state index < -0.39 is 11.9 Å². The van der Waals surface area contributed by atoms with Gasteiger partial charge in [0.2, 0.25) is 0 Å². The van der Waals surface area contributed by atoms with Gasteiger partial charge in [0.1, 0.15) is 5.69 Å². The average molecular weight is 241 g/mol. The van der Waals surface area contributed by atoms with E-state index in [1.165, 1.54) is 19.2 Å². The third kappa shape index (κ3) is 2.11. The third-order valence-corrected chi connectivity index (χ3v) is 2.39. The summed E-state index contributed by atoms with van der Waals surface area (Å²) in [7, 11) is 1.32. The maximum atomic E-state index is 12.8. The molecule has 3 nitrogen and oxygen atoms in total. The van der Waals surface area contributed by atoms with Gasteiger partial charge in [0.15, 0.2) is 5.69 Å². The Morgan fingerprint density at radius 3 is 2.29 bits per heavy atom. The van der Waals surface area contributed by atoms with Crippen LogP contribution in [0.5, 0.6) is 0 Å². The summed E-state index contributed by atoms with van der Waals surface area (Å²) in [4.78, 5) is 3.78. The molecule has 1 aromatic heterocycles. The number of benzene rings is 1. The van der Waals surface area contributed by atoms with Crippen LogP contribution in [0.15, 0.2) is 30.6 Å². The molecular formula is C11H10F3N3. The lowest BCUT2D eigenvalue weighted by Gasteiger charge is -2.09. The van der Waals surface area contributed by atoms with E-state index in [-0.39, 0.29) is 5.69 Å². The van der Waals surface area contributed by atoms with E-state index in [1.54, 1.807) is 12.1 Å². The molecule has 0 aliphatic carbocycles. The molecule has 0 atom stereocenters. The summed E-state index contributed by atoms with van der Waals surface area (Å²) >= 11 is 0. The molecule has 0 bridgehead atoms. The average Bonchev–Trinajstić information content (AvgIpc) is 2.61. The summed E-state index contributed by atoms with van der Waals surface area (Å²) < 4.78 is 39.4. The van der Waals surface area contributed by atoms with Gasteiger partial charge in [-0.15, -0.1) is 0 Å². The van der Waals surface area contributed by atoms with Crippen molar-refractivity contribution in [3.05, 3.63) is 36.3 Å². The van der Waals surface area contributed by atoms with Crippen LogP contribution >= 0.6 is 0 Å². The number of hydrogen-bond acceptors (Lipinski definition) is 2. The van der Waals surface area contributed by atoms with Gasteiger partial charge < -0.3 is 10.3 Å². The monoisotopic (exact) mass is 241 g/mol. The highest BCUT2D eigenvalue weighted by Gasteiger charge is 2.37. The van der Waals surface area contributed by atoms with Gasteiger partial charge in [-0.25, -0.2) is 4.98 Å². The molecule has 6 heteroatoms. The van der Waals surface area contributed by atoms with E-state index in [0.29, 0.717) is 11.3 Å². The highest BCUT2D eigenvalue weighted by molar-refractivity contribution is 5.64. The van der Waals surface area contributed by atoms with Crippen LogP contribution in [0.4, 0.5) is 18.9 Å². The van der Waals surface area contributed by atoms with E-state index in [1.807, 2.05) is 0 Å². The number of nitrogens with zero attached hydrogens (tertiary/aromatic N) is 2. The van der Waals surface area contributed by atoms with Crippen molar-refractivity contribution in [3.8, 4) is 11.3 Å². The minimum Gasteiger partial charge on any atom is -0.399 e. The van der Waals surface area contributed by atoms with Crippen molar-refractivity contribution in [1.82, 2.24) is 9.55 Å². The van der Waals surface area contributed by atoms with E-state index in [0.717, 1.165) is 10.9 Å². The molecule has 2 rings (SSSR count). The summed E-state index contributed by atoms with van der Waals surface area (Å²) in [6.07, 6.45) is -3.28. The molecule has 0 saturated carbocycles. The van der Waals surface area contributed by atoms with Gasteiger partial charge in [-0.2, -0.15) is 13.2 Å². The molecule has 1 aromatic carbocycles. The molecule has 0 radical (unpaired) electrons. The SMILES string of the molecule is Cn1cnc(-c2ccc(N)cc2)c1C(F)(F)F. The van der Waals surface area contributed by atoms with Crippen molar-refractivity contribution in [2.24, 2.45) is 7.05 Å². The largest absolute Gasteiger partial charge is 0.433 e. The van der Waals surface area contributed by atoms with Crippen LogP contribution in [-0.2, 0) is 13.2 Å². The van der Waals surface area contributed by atoms with Gasteiger partial charge in [0.25, 0.3) is 0 Å². The molecule has 0 aliphatic rings. The number of rotatable bonds is 1. The van der Waals surface area contributed by atoms with Crippen LogP contribution in [0.25, 0.3) is 11.3 Å². The van der Waals surface area contributed by atoms with Gasteiger partial charge >= 0.3 is 6.18 Å². The fourth-order valence-electron chi connectivity index (χ4n) is 1.62. The molecule has 0 unspecified atom stereocenters. The predicted octanol–water partition coefficient (Wildman–Crippen LogP) is 2.69. The first-order valence-corrected chi connectivity index (χ1v) is 4.84. The van der Waals surface area contributed by atoms with Crippen LogP contribution < -0.4 is 5.73 Å². The number of nitrogens with two attached hydrogens (primary N) is 1. The number of alkyl halides is 3. The maximum absolute atomic E-state index is 12.8. The van der Waals surface area contributed by atoms with Crippen LogP contribution in [0.2, 0.25) is 0 Å². The van der Waals surface area contributed by atoms with Crippen molar-refractivity contribution in [2.45, 2.75) is 6.18 Å². The Kier molecular flexibility index (Phi) is 2.57. The minimum atomic E-state index is -4.43. The van der Waals surface area contributed by atoms with Gasteiger partial charge in [0.05, 0.1) is 6.33 Å². The first kappa shape index (κ1) is 11.5. The van der Waals surface area contributed by atoms with Crippen LogP contribution in [0, 0.1) is 0 Å². The smallest absolute Gasteiger partial charge is 0.399 e. The number of aromatic nitrogens is 2. The summed E-state index contributed by atoms with van der Waals surface area (Å²) in [6, 6.07) is 6.13. The van der Waals surface area contributed by atoms with Crippen molar-refractivity contribution < 1.29 is 13.2 Å². The highest BCUT2D eigenvalue weighted by atomic mass is 19.4. The number of nitrogen functional groups attached to an aromatic ring is 1. The second-order valence-corrected chi connectivity index (χ2v) is 3.67. The Balaban J connectivity index is 2.57. The van der Waals surface area contributed by atoms with Crippen LogP contribution in [-0.4, -0.2) is 9.55 Å². The van der Waals surface area contributed by atoms with Crippen LogP contribution in [0.1, 0.15) is 5.69 Å². The molecular weight excluding hydrogens is 231 g/mol. The Bertz CT molecular complexity index is 526. The second kappa shape index (κ2) is 3.80. The molecule has 2 N–H and O–H groups in total. The molecule has 0 fully saturated rings. The molecule has 1 heterocycles. The molecule has 0 spiro atoms. The number of anilines is 1. The summed E-state index contributed by atoms with van der Waals surface area (Å²) in [5.41, 5.74) is 5.53. The summed E-state index contributed by atoms with van der Waals surface area (Å²) in [5, 5.41) is 0. The fraction of sp³-hybridized carbons (Fsp3) is 0.182. The lowest BCUT2D eigenvalue weighted by Crippen LogP contribution is -2.12. The van der Waals surface area contributed by atoms with Gasteiger partial charge in [-0.1, -0.05) is 12.1 Å². The second-order valence-electron chi connectivity index (χ2n) is 3.67. The van der Waals surface area contributed by atoms with Crippen molar-refractivity contribution in [3.63, 3.8) is 0 Å². The maximum Gasteiger partial charge on any atom is 0.433 e. The first-order chi connectivity index (χ1) is 7.89. The molecule has 0 amide bonds. The van der Waals surface area contributed by atoms with E-state index in [2.05, 4.69) is 4.98 Å². The normalized spacial score (nSPS) is 11.8.